The molecular weight excluding hydrogens is 230 g/mol. The molecule has 0 fully saturated rings. The first-order chi connectivity index (χ1) is 8.72. The SMILES string of the molecule is Cc1nn(CCO)c(NCC2=CCCOC2)c1C. The molecule has 1 aliphatic heterocycles. The lowest BCUT2D eigenvalue weighted by atomic mass is 10.2. The van der Waals surface area contributed by atoms with Gasteiger partial charge in [0, 0.05) is 12.1 Å². The molecule has 0 bridgehead atoms. The number of aromatic nitrogens is 2. The third-order valence-corrected chi connectivity index (χ3v) is 3.20. The van der Waals surface area contributed by atoms with Crippen LogP contribution in [0.4, 0.5) is 5.82 Å². The summed E-state index contributed by atoms with van der Waals surface area (Å²) in [5.74, 6) is 0.994. The van der Waals surface area contributed by atoms with Gasteiger partial charge in [0.15, 0.2) is 0 Å². The van der Waals surface area contributed by atoms with E-state index < -0.39 is 0 Å². The highest BCUT2D eigenvalue weighted by molar-refractivity contribution is 5.47. The number of rotatable bonds is 5. The molecule has 0 amide bonds. The summed E-state index contributed by atoms with van der Waals surface area (Å²) < 4.78 is 7.24. The van der Waals surface area contributed by atoms with Crippen molar-refractivity contribution in [1.29, 1.82) is 0 Å². The van der Waals surface area contributed by atoms with Crippen LogP contribution in [-0.2, 0) is 11.3 Å². The largest absolute Gasteiger partial charge is 0.394 e. The zero-order chi connectivity index (χ0) is 13.0. The number of anilines is 1. The fraction of sp³-hybridized carbons (Fsp3) is 0.615. The predicted octanol–water partition coefficient (Wildman–Crippen LogP) is 1.25. The summed E-state index contributed by atoms with van der Waals surface area (Å²) in [5.41, 5.74) is 3.41. The van der Waals surface area contributed by atoms with E-state index in [4.69, 9.17) is 9.84 Å². The Morgan fingerprint density at radius 2 is 2.33 bits per heavy atom. The maximum absolute atomic E-state index is 9.04. The Kier molecular flexibility index (Phi) is 4.38. The number of hydrogen-bond acceptors (Lipinski definition) is 4. The van der Waals surface area contributed by atoms with Crippen molar-refractivity contribution in [2.75, 3.05) is 31.7 Å². The van der Waals surface area contributed by atoms with Gasteiger partial charge in [0.2, 0.25) is 0 Å². The number of nitrogens with one attached hydrogen (secondary N) is 1. The maximum atomic E-state index is 9.04. The van der Waals surface area contributed by atoms with E-state index in [9.17, 15) is 0 Å². The maximum Gasteiger partial charge on any atom is 0.127 e. The third kappa shape index (κ3) is 2.91. The molecule has 18 heavy (non-hydrogen) atoms. The average molecular weight is 251 g/mol. The lowest BCUT2D eigenvalue weighted by Gasteiger charge is -2.16. The summed E-state index contributed by atoms with van der Waals surface area (Å²) in [6.45, 7) is 6.95. The van der Waals surface area contributed by atoms with Crippen LogP contribution in [0.5, 0.6) is 0 Å². The molecule has 0 spiro atoms. The standard InChI is InChI=1S/C13H21N3O2/c1-10-11(2)15-16(5-6-17)13(10)14-8-12-4-3-7-18-9-12/h4,14,17H,3,5-9H2,1-2H3. The van der Waals surface area contributed by atoms with Gasteiger partial charge in [-0.05, 0) is 25.8 Å². The molecule has 5 nitrogen and oxygen atoms in total. The molecule has 0 radical (unpaired) electrons. The van der Waals surface area contributed by atoms with Crippen LogP contribution in [0.3, 0.4) is 0 Å². The summed E-state index contributed by atoms with van der Waals surface area (Å²) in [4.78, 5) is 0. The van der Waals surface area contributed by atoms with E-state index in [1.165, 1.54) is 5.57 Å². The third-order valence-electron chi connectivity index (χ3n) is 3.20. The van der Waals surface area contributed by atoms with Crippen molar-refractivity contribution in [3.8, 4) is 0 Å². The van der Waals surface area contributed by atoms with Crippen LogP contribution in [0, 0.1) is 13.8 Å². The van der Waals surface area contributed by atoms with E-state index in [0.29, 0.717) is 13.2 Å². The number of ether oxygens (including phenoxy) is 1. The molecule has 0 atom stereocenters. The van der Waals surface area contributed by atoms with E-state index in [0.717, 1.165) is 36.6 Å². The molecule has 0 saturated carbocycles. The second-order valence-corrected chi connectivity index (χ2v) is 4.56. The number of aryl methyl sites for hydroxylation is 1. The van der Waals surface area contributed by atoms with E-state index >= 15 is 0 Å². The molecule has 100 valence electrons. The Hall–Kier alpha value is -1.33. The van der Waals surface area contributed by atoms with Gasteiger partial charge in [0.05, 0.1) is 32.1 Å². The van der Waals surface area contributed by atoms with Crippen molar-refractivity contribution in [2.24, 2.45) is 0 Å². The summed E-state index contributed by atoms with van der Waals surface area (Å²) in [5, 5.41) is 16.8. The van der Waals surface area contributed by atoms with Gasteiger partial charge >= 0.3 is 0 Å². The van der Waals surface area contributed by atoms with Gasteiger partial charge < -0.3 is 15.2 Å². The van der Waals surface area contributed by atoms with Gasteiger partial charge in [0.1, 0.15) is 5.82 Å². The summed E-state index contributed by atoms with van der Waals surface area (Å²) in [7, 11) is 0. The lowest BCUT2D eigenvalue weighted by molar-refractivity contribution is 0.150. The van der Waals surface area contributed by atoms with Crippen molar-refractivity contribution in [3.63, 3.8) is 0 Å². The summed E-state index contributed by atoms with van der Waals surface area (Å²) >= 11 is 0. The van der Waals surface area contributed by atoms with Crippen LogP contribution in [0.2, 0.25) is 0 Å². The highest BCUT2D eigenvalue weighted by Gasteiger charge is 2.12. The molecule has 1 aliphatic rings. The molecule has 5 heteroatoms. The number of aliphatic hydroxyl groups is 1. The first-order valence-electron chi connectivity index (χ1n) is 6.36. The van der Waals surface area contributed by atoms with Gasteiger partial charge in [-0.15, -0.1) is 0 Å². The predicted molar refractivity (Wildman–Crippen MR) is 70.8 cm³/mol. The minimum Gasteiger partial charge on any atom is -0.394 e. The van der Waals surface area contributed by atoms with Gasteiger partial charge in [-0.3, -0.25) is 0 Å². The van der Waals surface area contributed by atoms with Crippen LogP contribution in [0.15, 0.2) is 11.6 Å². The van der Waals surface area contributed by atoms with Crippen molar-refractivity contribution in [2.45, 2.75) is 26.8 Å². The molecule has 0 saturated heterocycles. The molecule has 1 aromatic rings. The van der Waals surface area contributed by atoms with Crippen LogP contribution < -0.4 is 5.32 Å². The smallest absolute Gasteiger partial charge is 0.127 e. The second-order valence-electron chi connectivity index (χ2n) is 4.56. The molecule has 2 heterocycles. The number of nitrogens with zero attached hydrogens (tertiary/aromatic N) is 2. The van der Waals surface area contributed by atoms with Crippen LogP contribution in [0.1, 0.15) is 17.7 Å². The summed E-state index contributed by atoms with van der Waals surface area (Å²) in [6.07, 6.45) is 3.22. The minimum absolute atomic E-state index is 0.0983. The fourth-order valence-corrected chi connectivity index (χ4v) is 2.08. The second kappa shape index (κ2) is 6.02. The van der Waals surface area contributed by atoms with E-state index in [1.54, 1.807) is 0 Å². The van der Waals surface area contributed by atoms with Gasteiger partial charge in [-0.25, -0.2) is 4.68 Å². The van der Waals surface area contributed by atoms with E-state index in [2.05, 4.69) is 16.5 Å². The van der Waals surface area contributed by atoms with Crippen molar-refractivity contribution in [3.05, 3.63) is 22.9 Å². The molecule has 2 N–H and O–H groups in total. The van der Waals surface area contributed by atoms with Gasteiger partial charge in [0.25, 0.3) is 0 Å². The zero-order valence-electron chi connectivity index (χ0n) is 11.1. The molecule has 2 rings (SSSR count). The van der Waals surface area contributed by atoms with E-state index in [1.807, 2.05) is 18.5 Å². The van der Waals surface area contributed by atoms with Crippen molar-refractivity contribution >= 4 is 5.82 Å². The highest BCUT2D eigenvalue weighted by atomic mass is 16.5. The zero-order valence-corrected chi connectivity index (χ0v) is 11.1. The molecule has 0 aromatic carbocycles. The highest BCUT2D eigenvalue weighted by Crippen LogP contribution is 2.19. The average Bonchev–Trinajstić information content (AvgIpc) is 2.65. The Bertz CT molecular complexity index is 438. The molecular formula is C13H21N3O2. The Morgan fingerprint density at radius 1 is 1.50 bits per heavy atom. The monoisotopic (exact) mass is 251 g/mol. The Balaban J connectivity index is 2.05. The van der Waals surface area contributed by atoms with E-state index in [-0.39, 0.29) is 6.61 Å². The number of hydrogen-bond donors (Lipinski definition) is 2. The van der Waals surface area contributed by atoms with Gasteiger partial charge in [-0.2, -0.15) is 5.10 Å². The normalized spacial score (nSPS) is 15.6. The topological polar surface area (TPSA) is 59.3 Å². The Labute approximate surface area is 107 Å². The molecule has 0 aliphatic carbocycles. The first-order valence-corrected chi connectivity index (χ1v) is 6.36. The van der Waals surface area contributed by atoms with Crippen LogP contribution >= 0.6 is 0 Å². The van der Waals surface area contributed by atoms with Gasteiger partial charge in [-0.1, -0.05) is 6.08 Å². The molecule has 1 aromatic heterocycles. The van der Waals surface area contributed by atoms with Crippen LogP contribution in [0.25, 0.3) is 0 Å². The van der Waals surface area contributed by atoms with Crippen molar-refractivity contribution < 1.29 is 9.84 Å². The van der Waals surface area contributed by atoms with Crippen molar-refractivity contribution in [1.82, 2.24) is 9.78 Å². The van der Waals surface area contributed by atoms with Crippen LogP contribution in [-0.4, -0.2) is 41.3 Å². The minimum atomic E-state index is 0.0983. The lowest BCUT2D eigenvalue weighted by Crippen LogP contribution is -2.17. The quantitative estimate of drug-likeness (QED) is 0.773. The first kappa shape index (κ1) is 13.1. The molecule has 0 unspecified atom stereocenters. The Morgan fingerprint density at radius 3 is 3.00 bits per heavy atom. The summed E-state index contributed by atoms with van der Waals surface area (Å²) in [6, 6.07) is 0. The number of aliphatic hydroxyl groups excluding tert-OH is 1. The fourth-order valence-electron chi connectivity index (χ4n) is 2.08.